The SMILES string of the molecule is CC(C)Nc1nccc2c1C(c1cc(N3CCOCC3)ccn1)=NC2. The molecule has 0 saturated carbocycles. The number of hydrogen-bond acceptors (Lipinski definition) is 6. The number of aliphatic imine (C=N–C) groups is 1. The van der Waals surface area contributed by atoms with Gasteiger partial charge in [0.05, 0.1) is 31.2 Å². The van der Waals surface area contributed by atoms with Crippen molar-refractivity contribution in [1.29, 1.82) is 0 Å². The predicted octanol–water partition coefficient (Wildman–Crippen LogP) is 2.48. The second-order valence-electron chi connectivity index (χ2n) is 6.66. The quantitative estimate of drug-likeness (QED) is 0.929. The summed E-state index contributed by atoms with van der Waals surface area (Å²) in [7, 11) is 0. The van der Waals surface area contributed by atoms with E-state index in [1.165, 1.54) is 11.3 Å². The summed E-state index contributed by atoms with van der Waals surface area (Å²) < 4.78 is 5.45. The molecule has 6 nitrogen and oxygen atoms in total. The number of nitrogens with one attached hydrogen (secondary N) is 1. The third kappa shape index (κ3) is 3.22. The van der Waals surface area contributed by atoms with Crippen molar-refractivity contribution in [3.8, 4) is 0 Å². The second kappa shape index (κ2) is 6.80. The Bertz CT molecular complexity index is 796. The first-order chi connectivity index (χ1) is 12.2. The van der Waals surface area contributed by atoms with Gasteiger partial charge in [-0.25, -0.2) is 4.98 Å². The van der Waals surface area contributed by atoms with Gasteiger partial charge in [-0.05, 0) is 37.6 Å². The zero-order chi connectivity index (χ0) is 17.2. The van der Waals surface area contributed by atoms with E-state index in [-0.39, 0.29) is 0 Å². The number of fused-ring (bicyclic) bond motifs is 1. The molecule has 0 amide bonds. The molecule has 25 heavy (non-hydrogen) atoms. The van der Waals surface area contributed by atoms with E-state index in [0.29, 0.717) is 12.6 Å². The molecule has 0 aromatic carbocycles. The first-order valence-electron chi connectivity index (χ1n) is 8.81. The second-order valence-corrected chi connectivity index (χ2v) is 6.66. The summed E-state index contributed by atoms with van der Waals surface area (Å²) in [6.07, 6.45) is 3.71. The van der Waals surface area contributed by atoms with Crippen molar-refractivity contribution in [2.75, 3.05) is 36.5 Å². The number of morpholine rings is 1. The van der Waals surface area contributed by atoms with Gasteiger partial charge < -0.3 is 15.0 Å². The smallest absolute Gasteiger partial charge is 0.136 e. The molecule has 6 heteroatoms. The van der Waals surface area contributed by atoms with Crippen LogP contribution in [0.2, 0.25) is 0 Å². The molecule has 2 aromatic rings. The van der Waals surface area contributed by atoms with Gasteiger partial charge in [0.1, 0.15) is 5.82 Å². The van der Waals surface area contributed by atoms with Crippen LogP contribution in [0.15, 0.2) is 35.6 Å². The minimum Gasteiger partial charge on any atom is -0.378 e. The van der Waals surface area contributed by atoms with Gasteiger partial charge in [0, 0.05) is 42.8 Å². The normalized spacial score (nSPS) is 16.8. The first kappa shape index (κ1) is 16.0. The van der Waals surface area contributed by atoms with Gasteiger partial charge in [0.15, 0.2) is 0 Å². The highest BCUT2D eigenvalue weighted by molar-refractivity contribution is 6.17. The van der Waals surface area contributed by atoms with Crippen LogP contribution in [-0.2, 0) is 11.3 Å². The summed E-state index contributed by atoms with van der Waals surface area (Å²) in [5, 5.41) is 3.44. The van der Waals surface area contributed by atoms with Gasteiger partial charge in [-0.15, -0.1) is 0 Å². The summed E-state index contributed by atoms with van der Waals surface area (Å²) in [6, 6.07) is 6.55. The molecule has 1 N–H and O–H groups in total. The number of nitrogens with zero attached hydrogens (tertiary/aromatic N) is 4. The first-order valence-corrected chi connectivity index (χ1v) is 8.81. The van der Waals surface area contributed by atoms with Crippen molar-refractivity contribution in [2.45, 2.75) is 26.4 Å². The summed E-state index contributed by atoms with van der Waals surface area (Å²) in [6.45, 7) is 8.28. The molecule has 130 valence electrons. The average Bonchev–Trinajstić information content (AvgIpc) is 3.07. The van der Waals surface area contributed by atoms with Crippen molar-refractivity contribution in [2.24, 2.45) is 4.99 Å². The lowest BCUT2D eigenvalue weighted by Crippen LogP contribution is -2.36. The Morgan fingerprint density at radius 2 is 1.92 bits per heavy atom. The van der Waals surface area contributed by atoms with Gasteiger partial charge >= 0.3 is 0 Å². The summed E-state index contributed by atoms with van der Waals surface area (Å²) in [4.78, 5) is 16.2. The minimum atomic E-state index is 0.313. The summed E-state index contributed by atoms with van der Waals surface area (Å²) in [5.74, 6) is 0.891. The molecule has 0 atom stereocenters. The fraction of sp³-hybridized carbons (Fsp3) is 0.421. The van der Waals surface area contributed by atoms with Gasteiger partial charge in [-0.3, -0.25) is 9.98 Å². The van der Waals surface area contributed by atoms with Gasteiger partial charge in [0.2, 0.25) is 0 Å². The lowest BCUT2D eigenvalue weighted by molar-refractivity contribution is 0.122. The van der Waals surface area contributed by atoms with Crippen LogP contribution in [0.3, 0.4) is 0 Å². The molecule has 0 bridgehead atoms. The molecule has 0 radical (unpaired) electrons. The van der Waals surface area contributed by atoms with E-state index in [1.807, 2.05) is 18.5 Å². The Balaban J connectivity index is 1.69. The Morgan fingerprint density at radius 3 is 2.72 bits per heavy atom. The molecule has 2 aliphatic heterocycles. The zero-order valence-corrected chi connectivity index (χ0v) is 14.7. The number of pyridine rings is 2. The lowest BCUT2D eigenvalue weighted by Gasteiger charge is -2.29. The molecule has 0 unspecified atom stereocenters. The van der Waals surface area contributed by atoms with Crippen molar-refractivity contribution in [3.63, 3.8) is 0 Å². The van der Waals surface area contributed by atoms with E-state index in [2.05, 4.69) is 46.2 Å². The topological polar surface area (TPSA) is 62.6 Å². The zero-order valence-electron chi connectivity index (χ0n) is 14.7. The van der Waals surface area contributed by atoms with Gasteiger partial charge in [-0.1, -0.05) is 0 Å². The average molecular weight is 337 g/mol. The van der Waals surface area contributed by atoms with Crippen LogP contribution in [0.25, 0.3) is 0 Å². The highest BCUT2D eigenvalue weighted by Gasteiger charge is 2.24. The highest BCUT2D eigenvalue weighted by atomic mass is 16.5. The largest absolute Gasteiger partial charge is 0.378 e. The number of hydrogen-bond donors (Lipinski definition) is 1. The molecule has 4 rings (SSSR count). The fourth-order valence-electron chi connectivity index (χ4n) is 3.30. The molecule has 0 aliphatic carbocycles. The van der Waals surface area contributed by atoms with Crippen LogP contribution in [0, 0.1) is 0 Å². The maximum atomic E-state index is 5.45. The Morgan fingerprint density at radius 1 is 1.12 bits per heavy atom. The van der Waals surface area contributed by atoms with E-state index in [1.54, 1.807) is 0 Å². The third-order valence-electron chi connectivity index (χ3n) is 4.47. The molecule has 1 saturated heterocycles. The van der Waals surface area contributed by atoms with Crippen molar-refractivity contribution < 1.29 is 4.74 Å². The Labute approximate surface area is 148 Å². The van der Waals surface area contributed by atoms with Crippen LogP contribution in [0.4, 0.5) is 11.5 Å². The van der Waals surface area contributed by atoms with E-state index in [9.17, 15) is 0 Å². The molecular formula is C19H23N5O. The van der Waals surface area contributed by atoms with Gasteiger partial charge in [0.25, 0.3) is 0 Å². The Kier molecular flexibility index (Phi) is 4.36. The molecule has 2 aliphatic rings. The molecular weight excluding hydrogens is 314 g/mol. The summed E-state index contributed by atoms with van der Waals surface area (Å²) in [5.41, 5.74) is 5.30. The minimum absolute atomic E-state index is 0.313. The third-order valence-corrected chi connectivity index (χ3v) is 4.47. The number of ether oxygens (including phenoxy) is 1. The molecule has 2 aromatic heterocycles. The van der Waals surface area contributed by atoms with Crippen molar-refractivity contribution in [1.82, 2.24) is 9.97 Å². The number of aromatic nitrogens is 2. The fourth-order valence-corrected chi connectivity index (χ4v) is 3.30. The summed E-state index contributed by atoms with van der Waals surface area (Å²) >= 11 is 0. The predicted molar refractivity (Wildman–Crippen MR) is 99.6 cm³/mol. The number of rotatable bonds is 4. The van der Waals surface area contributed by atoms with E-state index >= 15 is 0 Å². The van der Waals surface area contributed by atoms with Crippen LogP contribution >= 0.6 is 0 Å². The van der Waals surface area contributed by atoms with Crippen LogP contribution in [0.1, 0.15) is 30.7 Å². The molecule has 4 heterocycles. The monoisotopic (exact) mass is 337 g/mol. The lowest BCUT2D eigenvalue weighted by atomic mass is 10.0. The van der Waals surface area contributed by atoms with Crippen molar-refractivity contribution >= 4 is 17.2 Å². The van der Waals surface area contributed by atoms with Crippen molar-refractivity contribution in [3.05, 3.63) is 47.4 Å². The Hall–Kier alpha value is -2.47. The van der Waals surface area contributed by atoms with E-state index in [0.717, 1.165) is 49.1 Å². The standard InChI is InChI=1S/C19H23N5O/c1-13(2)23-19-17-14(3-5-21-19)12-22-18(17)16-11-15(4-6-20-16)24-7-9-25-10-8-24/h3-6,11,13H,7-10,12H2,1-2H3,(H,21,23). The van der Waals surface area contributed by atoms with E-state index in [4.69, 9.17) is 9.73 Å². The maximum Gasteiger partial charge on any atom is 0.136 e. The molecule has 0 spiro atoms. The highest BCUT2D eigenvalue weighted by Crippen LogP contribution is 2.29. The molecule has 1 fully saturated rings. The van der Waals surface area contributed by atoms with Crippen LogP contribution in [0.5, 0.6) is 0 Å². The van der Waals surface area contributed by atoms with Gasteiger partial charge in [-0.2, -0.15) is 0 Å². The maximum absolute atomic E-state index is 5.45. The van der Waals surface area contributed by atoms with Crippen LogP contribution in [-0.4, -0.2) is 48.0 Å². The van der Waals surface area contributed by atoms with E-state index < -0.39 is 0 Å². The number of anilines is 2. The van der Waals surface area contributed by atoms with Crippen LogP contribution < -0.4 is 10.2 Å².